The fraction of sp³-hybridized carbons (Fsp3) is 0.533. The maximum absolute atomic E-state index is 12.2. The normalized spacial score (nSPS) is 17.7. The summed E-state index contributed by atoms with van der Waals surface area (Å²) in [4.78, 5) is 16.4. The fourth-order valence-corrected chi connectivity index (χ4v) is 2.97. The standard InChI is InChI=1S/C15H20N2O2/c1-19-13-4-5-14-12(10-13)6-9-17(14)11-15(18)16-7-2-3-8-16/h4-5,10H,2-3,6-9,11H2,1H3. The Balaban J connectivity index is 1.70. The number of anilines is 1. The Morgan fingerprint density at radius 3 is 2.79 bits per heavy atom. The van der Waals surface area contributed by atoms with E-state index in [1.165, 1.54) is 11.3 Å². The smallest absolute Gasteiger partial charge is 0.242 e. The summed E-state index contributed by atoms with van der Waals surface area (Å²) in [5.74, 6) is 1.16. The van der Waals surface area contributed by atoms with E-state index in [2.05, 4.69) is 17.0 Å². The zero-order valence-corrected chi connectivity index (χ0v) is 11.4. The lowest BCUT2D eigenvalue weighted by Crippen LogP contribution is -2.38. The average molecular weight is 260 g/mol. The third-order valence-electron chi connectivity index (χ3n) is 4.06. The lowest BCUT2D eigenvalue weighted by atomic mass is 10.1. The lowest BCUT2D eigenvalue weighted by Gasteiger charge is -2.23. The summed E-state index contributed by atoms with van der Waals surface area (Å²) in [5, 5.41) is 0. The Labute approximate surface area is 113 Å². The molecule has 1 fully saturated rings. The first-order chi connectivity index (χ1) is 9.28. The van der Waals surface area contributed by atoms with Gasteiger partial charge in [-0.15, -0.1) is 0 Å². The molecule has 1 amide bonds. The number of methoxy groups -OCH3 is 1. The van der Waals surface area contributed by atoms with Crippen molar-refractivity contribution in [2.45, 2.75) is 19.3 Å². The number of fused-ring (bicyclic) bond motifs is 1. The van der Waals surface area contributed by atoms with Gasteiger partial charge in [-0.25, -0.2) is 0 Å². The summed E-state index contributed by atoms with van der Waals surface area (Å²) < 4.78 is 5.24. The summed E-state index contributed by atoms with van der Waals surface area (Å²) in [5.41, 5.74) is 2.47. The van der Waals surface area contributed by atoms with Gasteiger partial charge >= 0.3 is 0 Å². The van der Waals surface area contributed by atoms with E-state index in [1.807, 2.05) is 11.0 Å². The largest absolute Gasteiger partial charge is 0.497 e. The van der Waals surface area contributed by atoms with E-state index in [1.54, 1.807) is 7.11 Å². The van der Waals surface area contributed by atoms with Crippen LogP contribution in [0.4, 0.5) is 5.69 Å². The highest BCUT2D eigenvalue weighted by molar-refractivity contribution is 5.82. The van der Waals surface area contributed by atoms with Crippen LogP contribution in [-0.4, -0.2) is 44.1 Å². The molecule has 0 aromatic heterocycles. The second-order valence-corrected chi connectivity index (χ2v) is 5.25. The van der Waals surface area contributed by atoms with Crippen molar-refractivity contribution in [2.24, 2.45) is 0 Å². The van der Waals surface area contributed by atoms with E-state index in [-0.39, 0.29) is 5.91 Å². The highest BCUT2D eigenvalue weighted by Crippen LogP contribution is 2.31. The van der Waals surface area contributed by atoms with Gasteiger partial charge in [-0.2, -0.15) is 0 Å². The Morgan fingerprint density at radius 1 is 1.26 bits per heavy atom. The first kappa shape index (κ1) is 12.3. The van der Waals surface area contributed by atoms with Gasteiger partial charge in [0.25, 0.3) is 0 Å². The third-order valence-corrected chi connectivity index (χ3v) is 4.06. The number of carbonyl (C=O) groups excluding carboxylic acids is 1. The van der Waals surface area contributed by atoms with Crippen LogP contribution in [0.1, 0.15) is 18.4 Å². The predicted octanol–water partition coefficient (Wildman–Crippen LogP) is 1.68. The van der Waals surface area contributed by atoms with Gasteiger partial charge in [-0.05, 0) is 43.0 Å². The molecule has 2 aliphatic heterocycles. The van der Waals surface area contributed by atoms with E-state index in [9.17, 15) is 4.79 Å². The third kappa shape index (κ3) is 2.39. The van der Waals surface area contributed by atoms with Gasteiger partial charge in [0.2, 0.25) is 5.91 Å². The highest BCUT2D eigenvalue weighted by atomic mass is 16.5. The van der Waals surface area contributed by atoms with Crippen LogP contribution in [0.2, 0.25) is 0 Å². The molecule has 1 aromatic rings. The van der Waals surface area contributed by atoms with Gasteiger partial charge in [0.05, 0.1) is 13.7 Å². The molecule has 0 bridgehead atoms. The summed E-state index contributed by atoms with van der Waals surface area (Å²) >= 11 is 0. The van der Waals surface area contributed by atoms with E-state index in [0.717, 1.165) is 44.6 Å². The van der Waals surface area contributed by atoms with Gasteiger partial charge in [0, 0.05) is 25.3 Å². The maximum atomic E-state index is 12.2. The molecule has 3 rings (SSSR count). The second kappa shape index (κ2) is 5.11. The van der Waals surface area contributed by atoms with E-state index < -0.39 is 0 Å². The highest BCUT2D eigenvalue weighted by Gasteiger charge is 2.25. The Morgan fingerprint density at radius 2 is 2.05 bits per heavy atom. The second-order valence-electron chi connectivity index (χ2n) is 5.25. The molecular formula is C15H20N2O2. The summed E-state index contributed by atoms with van der Waals surface area (Å²) in [6.45, 7) is 3.31. The predicted molar refractivity (Wildman–Crippen MR) is 74.7 cm³/mol. The van der Waals surface area contributed by atoms with Gasteiger partial charge in [-0.1, -0.05) is 0 Å². The maximum Gasteiger partial charge on any atom is 0.242 e. The number of hydrogen-bond acceptors (Lipinski definition) is 3. The molecule has 2 heterocycles. The molecule has 0 aliphatic carbocycles. The molecule has 4 nitrogen and oxygen atoms in total. The first-order valence-electron chi connectivity index (χ1n) is 6.97. The number of benzene rings is 1. The summed E-state index contributed by atoms with van der Waals surface area (Å²) in [7, 11) is 1.69. The van der Waals surface area contributed by atoms with Gasteiger partial charge in [-0.3, -0.25) is 4.79 Å². The van der Waals surface area contributed by atoms with Crippen molar-refractivity contribution in [3.8, 4) is 5.75 Å². The summed E-state index contributed by atoms with van der Waals surface area (Å²) in [6.07, 6.45) is 3.30. The van der Waals surface area contributed by atoms with Crippen LogP contribution >= 0.6 is 0 Å². The van der Waals surface area contributed by atoms with Crippen LogP contribution in [0.3, 0.4) is 0 Å². The summed E-state index contributed by atoms with van der Waals surface area (Å²) in [6, 6.07) is 6.12. The number of nitrogens with zero attached hydrogens (tertiary/aromatic N) is 2. The molecular weight excluding hydrogens is 240 g/mol. The SMILES string of the molecule is COc1ccc2c(c1)CCN2CC(=O)N1CCCC1. The number of carbonyl (C=O) groups is 1. The van der Waals surface area contributed by atoms with Gasteiger partial charge in [0.15, 0.2) is 0 Å². The molecule has 4 heteroatoms. The Bertz CT molecular complexity index is 481. The number of hydrogen-bond donors (Lipinski definition) is 0. The van der Waals surface area contributed by atoms with Gasteiger partial charge < -0.3 is 14.5 Å². The van der Waals surface area contributed by atoms with Crippen LogP contribution in [0, 0.1) is 0 Å². The Kier molecular flexibility index (Phi) is 3.32. The van der Waals surface area contributed by atoms with Crippen LogP contribution in [0.25, 0.3) is 0 Å². The van der Waals surface area contributed by atoms with Crippen molar-refractivity contribution in [3.63, 3.8) is 0 Å². The monoisotopic (exact) mass is 260 g/mol. The average Bonchev–Trinajstić information content (AvgIpc) is 3.08. The molecule has 0 N–H and O–H groups in total. The molecule has 0 spiro atoms. The minimum atomic E-state index is 0.265. The molecule has 0 saturated carbocycles. The van der Waals surface area contributed by atoms with Crippen molar-refractivity contribution < 1.29 is 9.53 Å². The van der Waals surface area contributed by atoms with Crippen LogP contribution in [0.5, 0.6) is 5.75 Å². The van der Waals surface area contributed by atoms with Crippen LogP contribution in [0.15, 0.2) is 18.2 Å². The van der Waals surface area contributed by atoms with Crippen molar-refractivity contribution in [3.05, 3.63) is 23.8 Å². The molecule has 2 aliphatic rings. The minimum absolute atomic E-state index is 0.265. The zero-order valence-electron chi connectivity index (χ0n) is 11.4. The van der Waals surface area contributed by atoms with Crippen LogP contribution < -0.4 is 9.64 Å². The van der Waals surface area contributed by atoms with E-state index in [0.29, 0.717) is 6.54 Å². The van der Waals surface area contributed by atoms with Crippen molar-refractivity contribution in [1.82, 2.24) is 4.90 Å². The Hall–Kier alpha value is -1.71. The van der Waals surface area contributed by atoms with Crippen molar-refractivity contribution >= 4 is 11.6 Å². The van der Waals surface area contributed by atoms with Crippen molar-refractivity contribution in [1.29, 1.82) is 0 Å². The molecule has 1 saturated heterocycles. The molecule has 19 heavy (non-hydrogen) atoms. The number of amides is 1. The quantitative estimate of drug-likeness (QED) is 0.829. The molecule has 0 unspecified atom stereocenters. The minimum Gasteiger partial charge on any atom is -0.497 e. The zero-order chi connectivity index (χ0) is 13.2. The van der Waals surface area contributed by atoms with Crippen LogP contribution in [-0.2, 0) is 11.2 Å². The molecule has 1 aromatic carbocycles. The van der Waals surface area contributed by atoms with E-state index in [4.69, 9.17) is 4.74 Å². The van der Waals surface area contributed by atoms with Crippen molar-refractivity contribution in [2.75, 3.05) is 38.2 Å². The molecule has 0 atom stereocenters. The first-order valence-corrected chi connectivity index (χ1v) is 6.97. The lowest BCUT2D eigenvalue weighted by molar-refractivity contribution is -0.128. The topological polar surface area (TPSA) is 32.8 Å². The number of rotatable bonds is 3. The molecule has 102 valence electrons. The molecule has 0 radical (unpaired) electrons. The fourth-order valence-electron chi connectivity index (χ4n) is 2.97. The number of likely N-dealkylation sites (tertiary alicyclic amines) is 1. The number of ether oxygens (including phenoxy) is 1. The van der Waals surface area contributed by atoms with E-state index >= 15 is 0 Å². The van der Waals surface area contributed by atoms with Gasteiger partial charge in [0.1, 0.15) is 5.75 Å².